The molecule has 0 bridgehead atoms. The number of halogens is 4. The fraction of sp³-hybridized carbons (Fsp3) is 0.375. The van der Waals surface area contributed by atoms with Gasteiger partial charge in [-0.1, -0.05) is 18.5 Å². The topological polar surface area (TPSA) is 81.9 Å². The van der Waals surface area contributed by atoms with E-state index in [2.05, 4.69) is 4.52 Å². The van der Waals surface area contributed by atoms with Gasteiger partial charge in [-0.25, -0.2) is 0 Å². The Balaban J connectivity index is 2.45. The molecular formula is C16H16ClF3N2O5P+. The van der Waals surface area contributed by atoms with Crippen LogP contribution in [0.5, 0.6) is 5.75 Å². The third-order valence-electron chi connectivity index (χ3n) is 3.73. The van der Waals surface area contributed by atoms with Gasteiger partial charge in [0.15, 0.2) is 0 Å². The second kappa shape index (κ2) is 8.89. The number of alkyl halides is 3. The van der Waals surface area contributed by atoms with Gasteiger partial charge in [0.25, 0.3) is 0 Å². The molecule has 1 aliphatic rings. The summed E-state index contributed by atoms with van der Waals surface area (Å²) in [5.41, 5.74) is -1.24. The van der Waals surface area contributed by atoms with E-state index in [1.165, 1.54) is 11.0 Å². The van der Waals surface area contributed by atoms with E-state index in [0.29, 0.717) is 6.42 Å². The summed E-state index contributed by atoms with van der Waals surface area (Å²) in [6.07, 6.45) is -3.22. The average Bonchev–Trinajstić information content (AvgIpc) is 2.62. The Morgan fingerprint density at radius 1 is 1.39 bits per heavy atom. The fourth-order valence-corrected chi connectivity index (χ4v) is 3.56. The normalized spacial score (nSPS) is 15.4. The molecule has 1 aromatic carbocycles. The quantitative estimate of drug-likeness (QED) is 0.350. The van der Waals surface area contributed by atoms with Crippen LogP contribution < -0.4 is 10.0 Å². The van der Waals surface area contributed by atoms with Crippen LogP contribution >= 0.6 is 19.6 Å². The largest absolute Gasteiger partial charge is 0.556 e. The number of ether oxygens (including phenoxy) is 1. The average molecular weight is 440 g/mol. The summed E-state index contributed by atoms with van der Waals surface area (Å²) in [6.45, 7) is 1.57. The lowest BCUT2D eigenvalue weighted by atomic mass is 10.1. The molecule has 7 nitrogen and oxygen atoms in total. The fourth-order valence-electron chi connectivity index (χ4n) is 2.50. The first-order valence-electron chi connectivity index (χ1n) is 7.98. The van der Waals surface area contributed by atoms with Crippen LogP contribution in [-0.4, -0.2) is 36.2 Å². The van der Waals surface area contributed by atoms with Crippen molar-refractivity contribution in [2.45, 2.75) is 19.5 Å². The van der Waals surface area contributed by atoms with Crippen LogP contribution in [0.15, 0.2) is 40.8 Å². The summed E-state index contributed by atoms with van der Waals surface area (Å²) in [5.74, 6) is 0.00285. The van der Waals surface area contributed by atoms with Gasteiger partial charge in [-0.3, -0.25) is 10.1 Å². The molecule has 152 valence electrons. The molecule has 12 heteroatoms. The number of nitrogens with zero attached hydrogens (tertiary/aromatic N) is 2. The van der Waals surface area contributed by atoms with Gasteiger partial charge in [-0.05, 0) is 23.1 Å². The Morgan fingerprint density at radius 3 is 2.61 bits per heavy atom. The third-order valence-corrected chi connectivity index (χ3v) is 5.09. The maximum Gasteiger partial charge on any atom is 0.556 e. The van der Waals surface area contributed by atoms with Gasteiger partial charge in [-0.15, -0.1) is 4.52 Å². The molecule has 28 heavy (non-hydrogen) atoms. The standard InChI is InChI=1S/C16H16ClF3N2O5P/c1-3-6-21-9-10(16(18,19)20)7-12(17)15(21)27-11-4-5-13(22(23)24)14(8-11)28(25)26-2/h4-5,7-8H,3,6,9H2,1-2H3/q+1. The highest BCUT2D eigenvalue weighted by Crippen LogP contribution is 2.35. The van der Waals surface area contributed by atoms with Crippen molar-refractivity contribution >= 4 is 30.6 Å². The molecule has 1 aliphatic heterocycles. The van der Waals surface area contributed by atoms with Crippen molar-refractivity contribution in [3.63, 3.8) is 0 Å². The first kappa shape index (κ1) is 22.1. The Kier molecular flexibility index (Phi) is 7.03. The van der Waals surface area contributed by atoms with Crippen LogP contribution in [0.4, 0.5) is 18.9 Å². The van der Waals surface area contributed by atoms with Crippen LogP contribution in [0.25, 0.3) is 0 Å². The van der Waals surface area contributed by atoms with Crippen LogP contribution in [0.3, 0.4) is 0 Å². The molecule has 0 saturated carbocycles. The Bertz CT molecular complexity index is 857. The number of nitro benzene ring substituents is 1. The van der Waals surface area contributed by atoms with Gasteiger partial charge in [0.2, 0.25) is 5.88 Å². The number of nitro groups is 1. The second-order valence-corrected chi connectivity index (χ2v) is 7.46. The minimum atomic E-state index is -4.53. The van der Waals surface area contributed by atoms with Crippen molar-refractivity contribution in [1.82, 2.24) is 4.90 Å². The number of hydrogen-bond donors (Lipinski definition) is 0. The molecule has 0 N–H and O–H groups in total. The maximum atomic E-state index is 13.1. The zero-order valence-electron chi connectivity index (χ0n) is 14.8. The minimum Gasteiger partial charge on any atom is -0.439 e. The van der Waals surface area contributed by atoms with Crippen molar-refractivity contribution in [2.24, 2.45) is 0 Å². The van der Waals surface area contributed by atoms with E-state index in [9.17, 15) is 27.9 Å². The molecule has 0 radical (unpaired) electrons. The van der Waals surface area contributed by atoms with Gasteiger partial charge in [0, 0.05) is 18.7 Å². The highest BCUT2D eigenvalue weighted by atomic mass is 35.5. The van der Waals surface area contributed by atoms with E-state index in [1.54, 1.807) is 6.92 Å². The third kappa shape index (κ3) is 5.01. The predicted molar refractivity (Wildman–Crippen MR) is 96.9 cm³/mol. The van der Waals surface area contributed by atoms with E-state index >= 15 is 0 Å². The highest BCUT2D eigenvalue weighted by molar-refractivity contribution is 7.48. The zero-order valence-corrected chi connectivity index (χ0v) is 16.5. The molecule has 2 rings (SSSR count). The lowest BCUT2D eigenvalue weighted by molar-refractivity contribution is -0.383. The van der Waals surface area contributed by atoms with Crippen molar-refractivity contribution in [1.29, 1.82) is 0 Å². The summed E-state index contributed by atoms with van der Waals surface area (Å²) in [7, 11) is -1.38. The van der Waals surface area contributed by atoms with Crippen molar-refractivity contribution in [2.75, 3.05) is 20.2 Å². The first-order chi connectivity index (χ1) is 13.1. The van der Waals surface area contributed by atoms with Crippen molar-refractivity contribution in [3.8, 4) is 5.75 Å². The molecule has 1 aromatic rings. The lowest BCUT2D eigenvalue weighted by Crippen LogP contribution is -2.35. The first-order valence-corrected chi connectivity index (χ1v) is 9.54. The molecule has 1 heterocycles. The van der Waals surface area contributed by atoms with Crippen molar-refractivity contribution < 1.29 is 31.9 Å². The number of allylic oxidation sites excluding steroid dienone is 2. The van der Waals surface area contributed by atoms with Gasteiger partial charge < -0.3 is 9.64 Å². The number of hydrogen-bond acceptors (Lipinski definition) is 6. The van der Waals surface area contributed by atoms with E-state index in [0.717, 1.165) is 25.3 Å². The molecule has 0 amide bonds. The Hall–Kier alpha value is -2.16. The molecule has 0 fully saturated rings. The molecule has 1 unspecified atom stereocenters. The predicted octanol–water partition coefficient (Wildman–Crippen LogP) is 4.61. The molecule has 0 saturated heterocycles. The van der Waals surface area contributed by atoms with Gasteiger partial charge in [0.05, 0.1) is 24.2 Å². The van der Waals surface area contributed by atoms with Gasteiger partial charge in [-0.2, -0.15) is 13.2 Å². The van der Waals surface area contributed by atoms with E-state index in [-0.39, 0.29) is 28.5 Å². The van der Waals surface area contributed by atoms with E-state index in [1.807, 2.05) is 0 Å². The lowest BCUT2D eigenvalue weighted by Gasteiger charge is -2.31. The summed E-state index contributed by atoms with van der Waals surface area (Å²) in [5, 5.41) is 10.6. The number of rotatable bonds is 7. The van der Waals surface area contributed by atoms with Crippen LogP contribution in [0, 0.1) is 10.1 Å². The SMILES string of the molecule is CCCN1CC(C(F)(F)F)=CC(Cl)=C1Oc1ccc([N+](=O)[O-])c([P+](=O)OC)c1. The molecular weight excluding hydrogens is 424 g/mol. The maximum absolute atomic E-state index is 13.1. The van der Waals surface area contributed by atoms with Crippen LogP contribution in [-0.2, 0) is 9.09 Å². The summed E-state index contributed by atoms with van der Waals surface area (Å²) < 4.78 is 61.4. The van der Waals surface area contributed by atoms with Crippen LogP contribution in [0.2, 0.25) is 0 Å². The van der Waals surface area contributed by atoms with E-state index in [4.69, 9.17) is 16.3 Å². The molecule has 0 aliphatic carbocycles. The minimum absolute atomic E-state index is 0.0241. The summed E-state index contributed by atoms with van der Waals surface area (Å²) in [6, 6.07) is 3.46. The van der Waals surface area contributed by atoms with Crippen LogP contribution in [0.1, 0.15) is 13.3 Å². The van der Waals surface area contributed by atoms with Gasteiger partial charge in [0.1, 0.15) is 10.8 Å². The van der Waals surface area contributed by atoms with Gasteiger partial charge >= 0.3 is 25.2 Å². The molecule has 1 atom stereocenters. The Labute approximate surface area is 164 Å². The monoisotopic (exact) mass is 439 g/mol. The second-order valence-electron chi connectivity index (χ2n) is 5.69. The smallest absolute Gasteiger partial charge is 0.439 e. The Morgan fingerprint density at radius 2 is 2.07 bits per heavy atom. The molecule has 0 spiro atoms. The molecule has 0 aromatic heterocycles. The van der Waals surface area contributed by atoms with E-state index < -0.39 is 36.9 Å². The summed E-state index contributed by atoms with van der Waals surface area (Å²) in [4.78, 5) is 11.7. The highest BCUT2D eigenvalue weighted by Gasteiger charge is 2.38. The number of benzene rings is 1. The summed E-state index contributed by atoms with van der Waals surface area (Å²) >= 11 is 6.02. The zero-order chi connectivity index (χ0) is 21.1. The van der Waals surface area contributed by atoms with Crippen molar-refractivity contribution in [3.05, 3.63) is 50.9 Å².